The topological polar surface area (TPSA) is 66.4 Å². The second kappa shape index (κ2) is 6.80. The van der Waals surface area contributed by atoms with Crippen LogP contribution >= 0.6 is 0 Å². The average Bonchev–Trinajstić information content (AvgIpc) is 2.48. The van der Waals surface area contributed by atoms with Crippen molar-refractivity contribution in [2.75, 3.05) is 0 Å². The van der Waals surface area contributed by atoms with Crippen molar-refractivity contribution in [1.82, 2.24) is 5.32 Å². The number of carboxylic acids is 1. The largest absolute Gasteiger partial charge is 0.479 e. The standard InChI is InChI=1S/C16H13F2NO3/c17-11-7-5-10(6-8-11)9-14(20)19-15(16(21)22)12-3-1-2-4-13(12)18/h1-8,15H,9H2,(H,19,20)(H,21,22)/t15-/m0/s1. The fourth-order valence-corrected chi connectivity index (χ4v) is 1.98. The molecule has 22 heavy (non-hydrogen) atoms. The predicted molar refractivity (Wildman–Crippen MR) is 75.0 cm³/mol. The molecule has 0 aliphatic carbocycles. The third kappa shape index (κ3) is 3.88. The summed E-state index contributed by atoms with van der Waals surface area (Å²) in [6, 6.07) is 9.11. The van der Waals surface area contributed by atoms with Crippen molar-refractivity contribution in [2.24, 2.45) is 0 Å². The van der Waals surface area contributed by atoms with Crippen LogP contribution in [0.25, 0.3) is 0 Å². The van der Waals surface area contributed by atoms with Crippen LogP contribution in [0.2, 0.25) is 0 Å². The Labute approximate surface area is 125 Å². The van der Waals surface area contributed by atoms with Crippen LogP contribution in [-0.4, -0.2) is 17.0 Å². The van der Waals surface area contributed by atoms with Gasteiger partial charge in [0.15, 0.2) is 6.04 Å². The number of halogens is 2. The second-order valence-corrected chi connectivity index (χ2v) is 4.66. The molecule has 0 bridgehead atoms. The number of rotatable bonds is 5. The number of carbonyl (C=O) groups excluding carboxylic acids is 1. The molecule has 2 rings (SSSR count). The van der Waals surface area contributed by atoms with E-state index in [9.17, 15) is 23.5 Å². The van der Waals surface area contributed by atoms with Crippen molar-refractivity contribution in [3.63, 3.8) is 0 Å². The van der Waals surface area contributed by atoms with Crippen molar-refractivity contribution in [3.05, 3.63) is 71.3 Å². The van der Waals surface area contributed by atoms with Crippen molar-refractivity contribution in [1.29, 1.82) is 0 Å². The fraction of sp³-hybridized carbons (Fsp3) is 0.125. The lowest BCUT2D eigenvalue weighted by Gasteiger charge is -2.15. The Morgan fingerprint density at radius 3 is 2.27 bits per heavy atom. The van der Waals surface area contributed by atoms with E-state index in [0.717, 1.165) is 6.07 Å². The molecule has 0 spiro atoms. The lowest BCUT2D eigenvalue weighted by Crippen LogP contribution is -2.35. The Morgan fingerprint density at radius 1 is 1.05 bits per heavy atom. The fourth-order valence-electron chi connectivity index (χ4n) is 1.98. The van der Waals surface area contributed by atoms with Crippen molar-refractivity contribution >= 4 is 11.9 Å². The quantitative estimate of drug-likeness (QED) is 0.891. The zero-order valence-electron chi connectivity index (χ0n) is 11.4. The van der Waals surface area contributed by atoms with Crippen LogP contribution in [0.1, 0.15) is 17.2 Å². The normalized spacial score (nSPS) is 11.7. The van der Waals surface area contributed by atoms with Crippen LogP contribution < -0.4 is 5.32 Å². The summed E-state index contributed by atoms with van der Waals surface area (Å²) in [5, 5.41) is 11.4. The molecule has 0 unspecified atom stereocenters. The maximum absolute atomic E-state index is 13.7. The number of hydrogen-bond acceptors (Lipinski definition) is 2. The van der Waals surface area contributed by atoms with Gasteiger partial charge in [0.1, 0.15) is 11.6 Å². The van der Waals surface area contributed by atoms with Crippen molar-refractivity contribution < 1.29 is 23.5 Å². The van der Waals surface area contributed by atoms with E-state index in [1.807, 2.05) is 0 Å². The van der Waals surface area contributed by atoms with E-state index in [-0.39, 0.29) is 12.0 Å². The summed E-state index contributed by atoms with van der Waals surface area (Å²) in [7, 11) is 0. The van der Waals surface area contributed by atoms with Crippen LogP contribution in [0.15, 0.2) is 48.5 Å². The lowest BCUT2D eigenvalue weighted by atomic mass is 10.1. The van der Waals surface area contributed by atoms with Gasteiger partial charge in [0.05, 0.1) is 6.42 Å². The number of nitrogens with one attached hydrogen (secondary N) is 1. The van der Waals surface area contributed by atoms with Gasteiger partial charge in [-0.2, -0.15) is 0 Å². The van der Waals surface area contributed by atoms with Crippen LogP contribution in [0.3, 0.4) is 0 Å². The molecular formula is C16H13F2NO3. The highest BCUT2D eigenvalue weighted by atomic mass is 19.1. The lowest BCUT2D eigenvalue weighted by molar-refractivity contribution is -0.142. The molecule has 0 fully saturated rings. The van der Waals surface area contributed by atoms with Crippen LogP contribution in [-0.2, 0) is 16.0 Å². The smallest absolute Gasteiger partial charge is 0.331 e. The molecular weight excluding hydrogens is 292 g/mol. The molecule has 0 aliphatic rings. The van der Waals surface area contributed by atoms with E-state index in [0.29, 0.717) is 5.56 Å². The maximum atomic E-state index is 13.7. The zero-order chi connectivity index (χ0) is 16.1. The molecule has 2 aromatic rings. The second-order valence-electron chi connectivity index (χ2n) is 4.66. The van der Waals surface area contributed by atoms with Gasteiger partial charge in [-0.05, 0) is 23.8 Å². The average molecular weight is 305 g/mol. The van der Waals surface area contributed by atoms with Gasteiger partial charge in [-0.3, -0.25) is 4.79 Å². The van der Waals surface area contributed by atoms with Gasteiger partial charge in [-0.15, -0.1) is 0 Å². The first-order valence-electron chi connectivity index (χ1n) is 6.48. The number of amides is 1. The number of hydrogen-bond donors (Lipinski definition) is 2. The molecule has 0 saturated carbocycles. The van der Waals surface area contributed by atoms with E-state index in [1.54, 1.807) is 0 Å². The van der Waals surface area contributed by atoms with Gasteiger partial charge < -0.3 is 10.4 Å². The first-order chi connectivity index (χ1) is 10.5. The minimum Gasteiger partial charge on any atom is -0.479 e. The minimum atomic E-state index is -1.48. The van der Waals surface area contributed by atoms with E-state index < -0.39 is 29.6 Å². The van der Waals surface area contributed by atoms with Gasteiger partial charge in [0.25, 0.3) is 0 Å². The first-order valence-corrected chi connectivity index (χ1v) is 6.48. The summed E-state index contributed by atoms with van der Waals surface area (Å²) in [5.74, 6) is -3.10. The Kier molecular flexibility index (Phi) is 4.83. The summed E-state index contributed by atoms with van der Waals surface area (Å²) in [4.78, 5) is 23.2. The highest BCUT2D eigenvalue weighted by Gasteiger charge is 2.24. The van der Waals surface area contributed by atoms with Crippen LogP contribution in [0, 0.1) is 11.6 Å². The Hall–Kier alpha value is -2.76. The molecule has 0 radical (unpaired) electrons. The molecule has 2 N–H and O–H groups in total. The number of carboxylic acid groups (broad SMARTS) is 1. The van der Waals surface area contributed by atoms with Crippen LogP contribution in [0.5, 0.6) is 0 Å². The summed E-state index contributed by atoms with van der Waals surface area (Å²) < 4.78 is 26.5. The Bertz CT molecular complexity index is 686. The maximum Gasteiger partial charge on any atom is 0.331 e. The third-order valence-corrected chi connectivity index (χ3v) is 3.05. The first kappa shape index (κ1) is 15.6. The Balaban J connectivity index is 2.11. The van der Waals surface area contributed by atoms with E-state index in [1.165, 1.54) is 42.5 Å². The van der Waals surface area contributed by atoms with E-state index in [2.05, 4.69) is 5.32 Å². The zero-order valence-corrected chi connectivity index (χ0v) is 11.4. The van der Waals surface area contributed by atoms with Gasteiger partial charge >= 0.3 is 5.97 Å². The van der Waals surface area contributed by atoms with Crippen molar-refractivity contribution in [3.8, 4) is 0 Å². The highest BCUT2D eigenvalue weighted by molar-refractivity contribution is 5.85. The van der Waals surface area contributed by atoms with Crippen molar-refractivity contribution in [2.45, 2.75) is 12.5 Å². The predicted octanol–water partition coefficient (Wildman–Crippen LogP) is 2.45. The van der Waals surface area contributed by atoms with Gasteiger partial charge in [-0.25, -0.2) is 13.6 Å². The molecule has 0 saturated heterocycles. The van der Waals surface area contributed by atoms with Gasteiger partial charge in [0.2, 0.25) is 5.91 Å². The monoisotopic (exact) mass is 305 g/mol. The van der Waals surface area contributed by atoms with E-state index in [4.69, 9.17) is 0 Å². The molecule has 4 nitrogen and oxygen atoms in total. The molecule has 1 atom stereocenters. The molecule has 0 aliphatic heterocycles. The minimum absolute atomic E-state index is 0.123. The third-order valence-electron chi connectivity index (χ3n) is 3.05. The SMILES string of the molecule is O=C(Cc1ccc(F)cc1)N[C@H](C(=O)O)c1ccccc1F. The molecule has 2 aromatic carbocycles. The van der Waals surface area contributed by atoms with Crippen LogP contribution in [0.4, 0.5) is 8.78 Å². The molecule has 0 aromatic heterocycles. The molecule has 0 heterocycles. The highest BCUT2D eigenvalue weighted by Crippen LogP contribution is 2.17. The summed E-state index contributed by atoms with van der Waals surface area (Å²) in [6.07, 6.45) is -0.126. The molecule has 114 valence electrons. The Morgan fingerprint density at radius 2 is 1.68 bits per heavy atom. The molecule has 1 amide bonds. The van der Waals surface area contributed by atoms with Gasteiger partial charge in [-0.1, -0.05) is 30.3 Å². The van der Waals surface area contributed by atoms with Gasteiger partial charge in [0, 0.05) is 5.56 Å². The summed E-state index contributed by atoms with van der Waals surface area (Å²) >= 11 is 0. The number of aliphatic carboxylic acids is 1. The number of benzene rings is 2. The molecule has 6 heteroatoms. The van der Waals surface area contributed by atoms with E-state index >= 15 is 0 Å². The summed E-state index contributed by atoms with van der Waals surface area (Å²) in [5.41, 5.74) is 0.402. The summed E-state index contributed by atoms with van der Waals surface area (Å²) in [6.45, 7) is 0. The number of carbonyl (C=O) groups is 2.